The summed E-state index contributed by atoms with van der Waals surface area (Å²) in [7, 11) is 0. The van der Waals surface area contributed by atoms with Crippen molar-refractivity contribution in [1.82, 2.24) is 15.5 Å². The van der Waals surface area contributed by atoms with Crippen LogP contribution in [0.1, 0.15) is 50.8 Å². The van der Waals surface area contributed by atoms with E-state index in [4.69, 9.17) is 12.2 Å². The molecule has 1 unspecified atom stereocenters. The van der Waals surface area contributed by atoms with Crippen molar-refractivity contribution < 1.29 is 0 Å². The van der Waals surface area contributed by atoms with E-state index < -0.39 is 0 Å². The molecule has 0 amide bonds. The van der Waals surface area contributed by atoms with E-state index in [2.05, 4.69) is 46.9 Å². The average molecular weight is 352 g/mol. The lowest BCUT2D eigenvalue weighted by atomic mass is 9.81. The molecule has 0 aliphatic carbocycles. The lowest BCUT2D eigenvalue weighted by molar-refractivity contribution is 0.0218. The number of piperidine rings is 2. The summed E-state index contributed by atoms with van der Waals surface area (Å²) in [5.41, 5.74) is 0. The first-order valence-corrected chi connectivity index (χ1v) is 10.2. The van der Waals surface area contributed by atoms with E-state index >= 15 is 0 Å². The molecule has 0 saturated carbocycles. The maximum atomic E-state index is 5.47. The van der Waals surface area contributed by atoms with Gasteiger partial charge in [0.1, 0.15) is 0 Å². The summed E-state index contributed by atoms with van der Waals surface area (Å²) in [5, 5.41) is 9.96. The van der Waals surface area contributed by atoms with E-state index in [9.17, 15) is 0 Å². The van der Waals surface area contributed by atoms with E-state index in [0.29, 0.717) is 12.0 Å². The van der Waals surface area contributed by atoms with Crippen LogP contribution in [-0.4, -0.2) is 34.7 Å². The smallest absolute Gasteiger partial charge is 0.166 e. The van der Waals surface area contributed by atoms with E-state index in [-0.39, 0.29) is 0 Å². The zero-order chi connectivity index (χ0) is 16.2. The van der Waals surface area contributed by atoms with Gasteiger partial charge in [-0.15, -0.1) is 11.3 Å². The van der Waals surface area contributed by atoms with Crippen LogP contribution in [-0.2, 0) is 6.54 Å². The Morgan fingerprint density at radius 2 is 2.09 bits per heavy atom. The Balaban J connectivity index is 1.54. The minimum absolute atomic E-state index is 0.539. The van der Waals surface area contributed by atoms with Crippen LogP contribution in [0.15, 0.2) is 17.5 Å². The third-order valence-electron chi connectivity index (χ3n) is 5.05. The second kappa shape index (κ2) is 7.95. The highest BCUT2D eigenvalue weighted by Crippen LogP contribution is 2.35. The topological polar surface area (TPSA) is 27.3 Å². The van der Waals surface area contributed by atoms with Gasteiger partial charge in [0.2, 0.25) is 0 Å². The van der Waals surface area contributed by atoms with Gasteiger partial charge in [-0.3, -0.25) is 4.90 Å². The first-order chi connectivity index (χ1) is 11.1. The molecule has 3 rings (SSSR count). The quantitative estimate of drug-likeness (QED) is 0.790. The largest absolute Gasteiger partial charge is 0.362 e. The molecule has 2 aliphatic rings. The molecule has 5 heteroatoms. The van der Waals surface area contributed by atoms with Gasteiger partial charge >= 0.3 is 0 Å². The van der Waals surface area contributed by atoms with Crippen LogP contribution in [0.4, 0.5) is 0 Å². The molecule has 0 aromatic carbocycles. The summed E-state index contributed by atoms with van der Waals surface area (Å²) in [4.78, 5) is 4.26. The Morgan fingerprint density at radius 1 is 1.35 bits per heavy atom. The van der Waals surface area contributed by atoms with Crippen molar-refractivity contribution in [2.45, 2.75) is 70.6 Å². The summed E-state index contributed by atoms with van der Waals surface area (Å²) >= 11 is 7.36. The lowest BCUT2D eigenvalue weighted by Gasteiger charge is -2.49. The van der Waals surface area contributed by atoms with Crippen LogP contribution in [0.2, 0.25) is 0 Å². The molecule has 3 atom stereocenters. The SMILES string of the molecule is CC(C)CNC(=S)NC1C[C@H]2CCC[C@@H](C1)N2Cc1cccs1. The predicted molar refractivity (Wildman–Crippen MR) is 103 cm³/mol. The number of hydrogen-bond donors (Lipinski definition) is 2. The van der Waals surface area contributed by atoms with Crippen molar-refractivity contribution in [2.75, 3.05) is 6.54 Å². The van der Waals surface area contributed by atoms with Crippen molar-refractivity contribution >= 4 is 28.7 Å². The third kappa shape index (κ3) is 4.68. The Morgan fingerprint density at radius 3 is 2.70 bits per heavy atom. The highest BCUT2D eigenvalue weighted by atomic mass is 32.1. The molecule has 2 N–H and O–H groups in total. The summed E-state index contributed by atoms with van der Waals surface area (Å²) < 4.78 is 0. The number of hydrogen-bond acceptors (Lipinski definition) is 3. The fraction of sp³-hybridized carbons (Fsp3) is 0.722. The van der Waals surface area contributed by atoms with Gasteiger partial charge in [0.25, 0.3) is 0 Å². The van der Waals surface area contributed by atoms with Crippen LogP contribution < -0.4 is 10.6 Å². The molecule has 2 bridgehead atoms. The zero-order valence-corrected chi connectivity index (χ0v) is 15.9. The lowest BCUT2D eigenvalue weighted by Crippen LogP contribution is -2.57. The van der Waals surface area contributed by atoms with Gasteiger partial charge in [-0.2, -0.15) is 0 Å². The van der Waals surface area contributed by atoms with E-state index in [1.54, 1.807) is 0 Å². The van der Waals surface area contributed by atoms with Crippen molar-refractivity contribution in [2.24, 2.45) is 5.92 Å². The first kappa shape index (κ1) is 17.2. The number of fused-ring (bicyclic) bond motifs is 2. The molecular weight excluding hydrogens is 322 g/mol. The fourth-order valence-electron chi connectivity index (χ4n) is 3.97. The number of rotatable bonds is 5. The van der Waals surface area contributed by atoms with E-state index in [0.717, 1.165) is 30.3 Å². The van der Waals surface area contributed by atoms with Crippen molar-refractivity contribution in [1.29, 1.82) is 0 Å². The number of nitrogens with zero attached hydrogens (tertiary/aromatic N) is 1. The summed E-state index contributed by atoms with van der Waals surface area (Å²) in [6.07, 6.45) is 6.52. The maximum Gasteiger partial charge on any atom is 0.166 e. The van der Waals surface area contributed by atoms with Gasteiger partial charge in [0.15, 0.2) is 5.11 Å². The Kier molecular flexibility index (Phi) is 5.94. The molecular formula is C18H29N3S2. The van der Waals surface area contributed by atoms with Gasteiger partial charge in [-0.1, -0.05) is 26.3 Å². The van der Waals surface area contributed by atoms with Gasteiger partial charge in [0.05, 0.1) is 0 Å². The van der Waals surface area contributed by atoms with Crippen LogP contribution in [0.5, 0.6) is 0 Å². The van der Waals surface area contributed by atoms with E-state index in [1.807, 2.05) is 11.3 Å². The second-order valence-electron chi connectivity index (χ2n) is 7.41. The van der Waals surface area contributed by atoms with Crippen molar-refractivity contribution in [3.05, 3.63) is 22.4 Å². The molecule has 0 radical (unpaired) electrons. The van der Waals surface area contributed by atoms with Crippen LogP contribution in [0.25, 0.3) is 0 Å². The average Bonchev–Trinajstić information content (AvgIpc) is 2.99. The molecule has 3 heterocycles. The summed E-state index contributed by atoms with van der Waals surface area (Å²) in [6, 6.07) is 6.42. The Labute approximate surface area is 149 Å². The zero-order valence-electron chi connectivity index (χ0n) is 14.3. The Bertz CT molecular complexity index is 486. The van der Waals surface area contributed by atoms with Crippen molar-refractivity contribution in [3.63, 3.8) is 0 Å². The molecule has 2 aliphatic heterocycles. The van der Waals surface area contributed by atoms with E-state index in [1.165, 1.54) is 37.0 Å². The second-order valence-corrected chi connectivity index (χ2v) is 8.85. The van der Waals surface area contributed by atoms with Crippen LogP contribution >= 0.6 is 23.6 Å². The molecule has 128 valence electrons. The first-order valence-electron chi connectivity index (χ1n) is 8.94. The highest BCUT2D eigenvalue weighted by Gasteiger charge is 2.38. The molecule has 2 saturated heterocycles. The molecule has 1 aromatic heterocycles. The Hall–Kier alpha value is -0.650. The van der Waals surface area contributed by atoms with Gasteiger partial charge in [0, 0.05) is 36.1 Å². The number of thiophene rings is 1. The van der Waals surface area contributed by atoms with Gasteiger partial charge < -0.3 is 10.6 Å². The predicted octanol–water partition coefficient (Wildman–Crippen LogP) is 3.75. The fourth-order valence-corrected chi connectivity index (χ4v) is 4.93. The summed E-state index contributed by atoms with van der Waals surface area (Å²) in [5.74, 6) is 0.627. The normalized spacial score (nSPS) is 27.9. The standard InChI is InChI=1S/C18H29N3S2/c1-13(2)11-19-18(22)20-14-9-15-5-3-6-16(10-14)21(15)12-17-7-4-8-23-17/h4,7-8,13-16H,3,5-6,9-12H2,1-2H3,(H2,19,20,22)/t14?,15-,16+. The molecule has 23 heavy (non-hydrogen) atoms. The molecule has 0 spiro atoms. The monoisotopic (exact) mass is 351 g/mol. The maximum absolute atomic E-state index is 5.47. The van der Waals surface area contributed by atoms with Crippen molar-refractivity contribution in [3.8, 4) is 0 Å². The minimum Gasteiger partial charge on any atom is -0.362 e. The molecule has 3 nitrogen and oxygen atoms in total. The summed E-state index contributed by atoms with van der Waals surface area (Å²) in [6.45, 7) is 6.51. The molecule has 2 fully saturated rings. The molecule has 1 aromatic rings. The van der Waals surface area contributed by atoms with Crippen LogP contribution in [0, 0.1) is 5.92 Å². The third-order valence-corrected chi connectivity index (χ3v) is 6.17. The highest BCUT2D eigenvalue weighted by molar-refractivity contribution is 7.80. The number of nitrogens with one attached hydrogen (secondary N) is 2. The number of thiocarbonyl (C=S) groups is 1. The van der Waals surface area contributed by atoms with Gasteiger partial charge in [-0.05, 0) is 55.3 Å². The van der Waals surface area contributed by atoms with Crippen LogP contribution in [0.3, 0.4) is 0 Å². The van der Waals surface area contributed by atoms with Gasteiger partial charge in [-0.25, -0.2) is 0 Å². The minimum atomic E-state index is 0.539.